The Bertz CT molecular complexity index is 1110. The molecule has 1 heterocycles. The normalized spacial score (nSPS) is 14.4. The van der Waals surface area contributed by atoms with Crippen LogP contribution in [0, 0.1) is 0 Å². The first-order valence-electron chi connectivity index (χ1n) is 10.7. The second-order valence-electron chi connectivity index (χ2n) is 8.30. The van der Waals surface area contributed by atoms with Crippen molar-refractivity contribution >= 4 is 28.3 Å². The molecule has 6 nitrogen and oxygen atoms in total. The maximum atomic E-state index is 12.8. The van der Waals surface area contributed by atoms with Gasteiger partial charge < -0.3 is 10.6 Å². The van der Waals surface area contributed by atoms with Crippen LogP contribution < -0.4 is 16.3 Å². The number of fused-ring (bicyclic) bond motifs is 1. The summed E-state index contributed by atoms with van der Waals surface area (Å²) in [7, 11) is 0. The molecule has 1 saturated carbocycles. The average Bonchev–Trinajstić information content (AvgIpc) is 3.24. The highest BCUT2D eigenvalue weighted by atomic mass is 16.2. The second kappa shape index (κ2) is 8.69. The van der Waals surface area contributed by atoms with Crippen LogP contribution in [-0.2, 0) is 11.3 Å². The molecule has 0 saturated heterocycles. The van der Waals surface area contributed by atoms with Crippen molar-refractivity contribution in [2.24, 2.45) is 0 Å². The molecular weight excluding hydrogens is 376 g/mol. The Morgan fingerprint density at radius 1 is 1.13 bits per heavy atom. The van der Waals surface area contributed by atoms with Gasteiger partial charge in [0.15, 0.2) is 0 Å². The number of rotatable bonds is 6. The summed E-state index contributed by atoms with van der Waals surface area (Å²) in [5.74, 6) is 0.739. The van der Waals surface area contributed by atoms with E-state index in [4.69, 9.17) is 0 Å². The molecule has 1 aromatic heterocycles. The topological polar surface area (TPSA) is 76.0 Å². The Kier molecular flexibility index (Phi) is 5.84. The van der Waals surface area contributed by atoms with Gasteiger partial charge in [-0.05, 0) is 48.6 Å². The molecule has 0 spiro atoms. The summed E-state index contributed by atoms with van der Waals surface area (Å²) in [6.45, 7) is 4.14. The van der Waals surface area contributed by atoms with Gasteiger partial charge in [-0.25, -0.2) is 4.79 Å². The quantitative estimate of drug-likeness (QED) is 0.634. The van der Waals surface area contributed by atoms with Crippen molar-refractivity contribution in [1.29, 1.82) is 0 Å². The van der Waals surface area contributed by atoms with Gasteiger partial charge in [0.25, 0.3) is 0 Å². The first-order chi connectivity index (χ1) is 14.5. The molecule has 156 valence electrons. The van der Waals surface area contributed by atoms with E-state index in [2.05, 4.69) is 29.5 Å². The number of aromatic nitrogens is 2. The van der Waals surface area contributed by atoms with Crippen LogP contribution >= 0.6 is 0 Å². The van der Waals surface area contributed by atoms with Gasteiger partial charge >= 0.3 is 5.69 Å². The lowest BCUT2D eigenvalue weighted by atomic mass is 10.0. The third-order valence-electron chi connectivity index (χ3n) is 5.72. The monoisotopic (exact) mass is 404 g/mol. The molecule has 1 aliphatic carbocycles. The third-order valence-corrected chi connectivity index (χ3v) is 5.72. The molecule has 0 bridgehead atoms. The van der Waals surface area contributed by atoms with Crippen LogP contribution in [0.4, 0.5) is 11.5 Å². The highest BCUT2D eigenvalue weighted by Crippen LogP contribution is 2.25. The number of para-hydroxylation sites is 1. The number of nitrogens with zero attached hydrogens (tertiary/aromatic N) is 2. The van der Waals surface area contributed by atoms with Crippen molar-refractivity contribution in [3.05, 3.63) is 64.6 Å². The first kappa shape index (κ1) is 20.1. The van der Waals surface area contributed by atoms with E-state index in [1.54, 1.807) is 0 Å². The fourth-order valence-electron chi connectivity index (χ4n) is 4.07. The van der Waals surface area contributed by atoms with Gasteiger partial charge in [0.1, 0.15) is 12.4 Å². The smallest absolute Gasteiger partial charge is 0.350 e. The van der Waals surface area contributed by atoms with Gasteiger partial charge in [-0.2, -0.15) is 4.98 Å². The summed E-state index contributed by atoms with van der Waals surface area (Å²) < 4.78 is 1.44. The van der Waals surface area contributed by atoms with Crippen LogP contribution in [0.3, 0.4) is 0 Å². The van der Waals surface area contributed by atoms with E-state index < -0.39 is 5.69 Å². The molecule has 6 heteroatoms. The van der Waals surface area contributed by atoms with Gasteiger partial charge in [0, 0.05) is 17.1 Å². The van der Waals surface area contributed by atoms with E-state index in [0.29, 0.717) is 23.3 Å². The Morgan fingerprint density at radius 2 is 1.90 bits per heavy atom. The van der Waals surface area contributed by atoms with Crippen molar-refractivity contribution in [3.8, 4) is 0 Å². The minimum absolute atomic E-state index is 0.0814. The molecule has 0 radical (unpaired) electrons. The molecule has 2 N–H and O–H groups in total. The van der Waals surface area contributed by atoms with Crippen LogP contribution in [0.15, 0.2) is 53.3 Å². The highest BCUT2D eigenvalue weighted by Gasteiger charge is 2.18. The van der Waals surface area contributed by atoms with Crippen molar-refractivity contribution in [1.82, 2.24) is 9.55 Å². The summed E-state index contributed by atoms with van der Waals surface area (Å²) in [5, 5.41) is 7.21. The zero-order valence-corrected chi connectivity index (χ0v) is 17.5. The number of carbonyl (C=O) groups is 1. The maximum Gasteiger partial charge on any atom is 0.350 e. The Labute approximate surface area is 176 Å². The molecule has 4 rings (SSSR count). The van der Waals surface area contributed by atoms with Gasteiger partial charge in [-0.15, -0.1) is 0 Å². The number of hydrogen-bond donors (Lipinski definition) is 2. The van der Waals surface area contributed by atoms with E-state index in [1.807, 2.05) is 48.5 Å². The van der Waals surface area contributed by atoms with Gasteiger partial charge in [-0.3, -0.25) is 9.36 Å². The van der Waals surface area contributed by atoms with Crippen molar-refractivity contribution in [2.75, 3.05) is 10.6 Å². The van der Waals surface area contributed by atoms with Crippen LogP contribution in [0.2, 0.25) is 0 Å². The Morgan fingerprint density at radius 3 is 2.67 bits per heavy atom. The molecule has 3 aromatic rings. The molecule has 0 aliphatic heterocycles. The van der Waals surface area contributed by atoms with E-state index in [1.165, 1.54) is 17.4 Å². The summed E-state index contributed by atoms with van der Waals surface area (Å²) in [5.41, 5.74) is 2.18. The van der Waals surface area contributed by atoms with E-state index in [0.717, 1.165) is 29.5 Å². The largest absolute Gasteiger partial charge is 0.367 e. The maximum absolute atomic E-state index is 12.8. The number of nitrogens with one attached hydrogen (secondary N) is 2. The Balaban J connectivity index is 1.59. The summed E-state index contributed by atoms with van der Waals surface area (Å²) in [6.07, 6.45) is 4.59. The van der Waals surface area contributed by atoms with E-state index in [9.17, 15) is 9.59 Å². The molecule has 1 fully saturated rings. The fourth-order valence-corrected chi connectivity index (χ4v) is 4.07. The van der Waals surface area contributed by atoms with Crippen LogP contribution in [0.5, 0.6) is 0 Å². The summed E-state index contributed by atoms with van der Waals surface area (Å²) in [6, 6.07) is 15.8. The zero-order valence-electron chi connectivity index (χ0n) is 17.5. The lowest BCUT2D eigenvalue weighted by Crippen LogP contribution is -2.31. The molecule has 1 amide bonds. The van der Waals surface area contributed by atoms with Gasteiger partial charge in [-0.1, -0.05) is 51.0 Å². The highest BCUT2D eigenvalue weighted by molar-refractivity contribution is 5.93. The molecule has 30 heavy (non-hydrogen) atoms. The number of benzene rings is 2. The van der Waals surface area contributed by atoms with Gasteiger partial charge in [0.05, 0.1) is 5.52 Å². The molecule has 1 aliphatic rings. The fraction of sp³-hybridized carbons (Fsp3) is 0.375. The van der Waals surface area contributed by atoms with Crippen molar-refractivity contribution in [3.63, 3.8) is 0 Å². The molecule has 0 unspecified atom stereocenters. The second-order valence-corrected chi connectivity index (χ2v) is 8.30. The van der Waals surface area contributed by atoms with E-state index >= 15 is 0 Å². The number of amides is 1. The lowest BCUT2D eigenvalue weighted by Gasteiger charge is -2.17. The summed E-state index contributed by atoms with van der Waals surface area (Å²) in [4.78, 5) is 29.8. The number of carbonyl (C=O) groups excluding carboxylic acids is 1. The number of hydrogen-bond acceptors (Lipinski definition) is 4. The standard InChI is InChI=1S/C24H28N4O2/c1-16(2)17-8-7-11-19(14-17)25-22(29)15-28-21-13-6-5-12-20(21)23(27-24(28)30)26-18-9-3-4-10-18/h5-8,11-14,16,18H,3-4,9-10,15H2,1-2H3,(H,25,29)(H,26,27,30). The van der Waals surface area contributed by atoms with Crippen molar-refractivity contribution < 1.29 is 4.79 Å². The first-order valence-corrected chi connectivity index (χ1v) is 10.7. The summed E-state index contributed by atoms with van der Waals surface area (Å²) >= 11 is 0. The zero-order chi connectivity index (χ0) is 21.1. The predicted octanol–water partition coefficient (Wildman–Crippen LogP) is 4.51. The molecule has 2 aromatic carbocycles. The molecule has 0 atom stereocenters. The SMILES string of the molecule is CC(C)c1cccc(NC(=O)Cn2c(=O)nc(NC3CCCC3)c3ccccc32)c1. The van der Waals surface area contributed by atoms with Crippen LogP contribution in [0.1, 0.15) is 51.0 Å². The number of anilines is 2. The average molecular weight is 405 g/mol. The van der Waals surface area contributed by atoms with Crippen LogP contribution in [-0.4, -0.2) is 21.5 Å². The predicted molar refractivity (Wildman–Crippen MR) is 121 cm³/mol. The third kappa shape index (κ3) is 4.37. The van der Waals surface area contributed by atoms with Gasteiger partial charge in [0.2, 0.25) is 5.91 Å². The van der Waals surface area contributed by atoms with E-state index in [-0.39, 0.29) is 12.5 Å². The molecular formula is C24H28N4O2. The van der Waals surface area contributed by atoms with Crippen LogP contribution in [0.25, 0.3) is 10.9 Å². The van der Waals surface area contributed by atoms with Crippen molar-refractivity contribution in [2.45, 2.75) is 58.0 Å². The Hall–Kier alpha value is -3.15. The minimum Gasteiger partial charge on any atom is -0.367 e. The lowest BCUT2D eigenvalue weighted by molar-refractivity contribution is -0.116. The minimum atomic E-state index is -0.416.